The Kier molecular flexibility index (Phi) is 4.81. The molecule has 2 aromatic rings. The van der Waals surface area contributed by atoms with E-state index in [1.807, 2.05) is 12.1 Å². The molecule has 1 unspecified atom stereocenters. The van der Waals surface area contributed by atoms with Gasteiger partial charge in [0.15, 0.2) is 0 Å². The zero-order valence-electron chi connectivity index (χ0n) is 12.8. The lowest BCUT2D eigenvalue weighted by atomic mass is 10.1. The molecule has 0 radical (unpaired) electrons. The van der Waals surface area contributed by atoms with Crippen molar-refractivity contribution in [3.8, 4) is 0 Å². The highest BCUT2D eigenvalue weighted by Crippen LogP contribution is 2.22. The summed E-state index contributed by atoms with van der Waals surface area (Å²) >= 11 is 6.21. The van der Waals surface area contributed by atoms with Gasteiger partial charge in [-0.15, -0.1) is 0 Å². The third kappa shape index (κ3) is 3.19. The van der Waals surface area contributed by atoms with Crippen molar-refractivity contribution in [2.45, 2.75) is 25.3 Å². The summed E-state index contributed by atoms with van der Waals surface area (Å²) in [6.45, 7) is 2.81. The summed E-state index contributed by atoms with van der Waals surface area (Å²) in [6, 6.07) is 7.93. The number of pyridine rings is 1. The molecular weight excluding hydrogens is 300 g/mol. The first-order valence-corrected chi connectivity index (χ1v) is 8.10. The van der Waals surface area contributed by atoms with Gasteiger partial charge in [-0.3, -0.25) is 9.69 Å². The molecule has 1 atom stereocenters. The van der Waals surface area contributed by atoms with Gasteiger partial charge in [-0.2, -0.15) is 0 Å². The smallest absolute Gasteiger partial charge is 0.256 e. The number of H-pyrrole nitrogens is 1. The fourth-order valence-electron chi connectivity index (χ4n) is 3.27. The van der Waals surface area contributed by atoms with Crippen molar-refractivity contribution < 1.29 is 4.74 Å². The van der Waals surface area contributed by atoms with Crippen LogP contribution >= 0.6 is 11.6 Å². The Labute approximate surface area is 135 Å². The number of ether oxygens (including phenoxy) is 1. The first-order chi connectivity index (χ1) is 10.7. The van der Waals surface area contributed by atoms with Gasteiger partial charge in [0.05, 0.1) is 6.61 Å². The molecule has 1 saturated heterocycles. The summed E-state index contributed by atoms with van der Waals surface area (Å²) in [7, 11) is 1.75. The average Bonchev–Trinajstić information content (AvgIpc) is 2.94. The highest BCUT2D eigenvalue weighted by atomic mass is 35.5. The number of rotatable bonds is 5. The minimum absolute atomic E-state index is 0.0649. The van der Waals surface area contributed by atoms with Gasteiger partial charge in [0.25, 0.3) is 5.56 Å². The highest BCUT2D eigenvalue weighted by Gasteiger charge is 2.23. The minimum atomic E-state index is -0.0649. The van der Waals surface area contributed by atoms with Crippen LogP contribution in [-0.4, -0.2) is 42.7 Å². The molecule has 0 bridgehead atoms. The second-order valence-electron chi connectivity index (χ2n) is 5.86. The Balaban J connectivity index is 1.77. The summed E-state index contributed by atoms with van der Waals surface area (Å²) in [4.78, 5) is 17.6. The lowest BCUT2D eigenvalue weighted by molar-refractivity contribution is 0.116. The number of fused-ring (bicyclic) bond motifs is 1. The molecule has 1 N–H and O–H groups in total. The number of likely N-dealkylation sites (tertiary alicyclic amines) is 1. The maximum atomic E-state index is 12.2. The molecule has 1 aromatic heterocycles. The first-order valence-electron chi connectivity index (χ1n) is 7.72. The topological polar surface area (TPSA) is 45.3 Å². The first kappa shape index (κ1) is 15.5. The summed E-state index contributed by atoms with van der Waals surface area (Å²) in [5.74, 6) is 0. The van der Waals surface area contributed by atoms with Crippen molar-refractivity contribution in [1.82, 2.24) is 9.88 Å². The standard InChI is InChI=1S/C17H21ClN2O2/c1-22-11-13-4-3-8-20(13)9-7-12-10-15-14(17(21)19-12)5-2-6-16(15)18/h2,5-6,10,13H,3-4,7-9,11H2,1H3,(H,19,21). The zero-order valence-corrected chi connectivity index (χ0v) is 13.5. The number of benzene rings is 1. The van der Waals surface area contributed by atoms with Gasteiger partial charge in [-0.25, -0.2) is 0 Å². The molecule has 0 aliphatic carbocycles. The summed E-state index contributed by atoms with van der Waals surface area (Å²) in [5, 5.41) is 2.11. The van der Waals surface area contributed by atoms with Crippen LogP contribution < -0.4 is 5.56 Å². The largest absolute Gasteiger partial charge is 0.383 e. The van der Waals surface area contributed by atoms with E-state index in [0.29, 0.717) is 16.5 Å². The third-order valence-electron chi connectivity index (χ3n) is 4.42. The lowest BCUT2D eigenvalue weighted by Crippen LogP contribution is -2.34. The molecule has 1 aromatic carbocycles. The summed E-state index contributed by atoms with van der Waals surface area (Å²) < 4.78 is 5.28. The molecule has 0 saturated carbocycles. The van der Waals surface area contributed by atoms with Crippen molar-refractivity contribution in [2.24, 2.45) is 0 Å². The quantitative estimate of drug-likeness (QED) is 0.921. The number of halogens is 1. The molecule has 22 heavy (non-hydrogen) atoms. The van der Waals surface area contributed by atoms with Crippen LogP contribution in [0.15, 0.2) is 29.1 Å². The number of methoxy groups -OCH3 is 1. The van der Waals surface area contributed by atoms with Crippen molar-refractivity contribution >= 4 is 22.4 Å². The van der Waals surface area contributed by atoms with Crippen molar-refractivity contribution in [3.63, 3.8) is 0 Å². The van der Waals surface area contributed by atoms with Crippen molar-refractivity contribution in [1.29, 1.82) is 0 Å². The van der Waals surface area contributed by atoms with Gasteiger partial charge in [0.2, 0.25) is 0 Å². The molecule has 1 aliphatic heterocycles. The van der Waals surface area contributed by atoms with Gasteiger partial charge >= 0.3 is 0 Å². The Bertz CT molecular complexity index is 713. The van der Waals surface area contributed by atoms with Crippen molar-refractivity contribution in [2.75, 3.05) is 26.8 Å². The maximum absolute atomic E-state index is 12.2. The molecule has 0 amide bonds. The Morgan fingerprint density at radius 3 is 3.09 bits per heavy atom. The van der Waals surface area contributed by atoms with E-state index < -0.39 is 0 Å². The monoisotopic (exact) mass is 320 g/mol. The van der Waals surface area contributed by atoms with Crippen LogP contribution in [0.1, 0.15) is 18.5 Å². The fourth-order valence-corrected chi connectivity index (χ4v) is 3.50. The van der Waals surface area contributed by atoms with Crippen LogP contribution in [0.3, 0.4) is 0 Å². The average molecular weight is 321 g/mol. The van der Waals surface area contributed by atoms with E-state index in [1.165, 1.54) is 12.8 Å². The van der Waals surface area contributed by atoms with Crippen LogP contribution in [0.4, 0.5) is 0 Å². The number of nitrogens with zero attached hydrogens (tertiary/aromatic N) is 1. The van der Waals surface area contributed by atoms with E-state index in [-0.39, 0.29) is 5.56 Å². The van der Waals surface area contributed by atoms with E-state index in [2.05, 4.69) is 9.88 Å². The normalized spacial score (nSPS) is 19.1. The summed E-state index contributed by atoms with van der Waals surface area (Å²) in [5.41, 5.74) is 0.874. The SMILES string of the molecule is COCC1CCCN1CCc1cc2c(Cl)cccc2c(=O)[nH]1. The number of aromatic nitrogens is 1. The molecular formula is C17H21ClN2O2. The lowest BCUT2D eigenvalue weighted by Gasteiger charge is -2.23. The molecule has 4 nitrogen and oxygen atoms in total. The van der Waals surface area contributed by atoms with Gasteiger partial charge in [0, 0.05) is 47.6 Å². The van der Waals surface area contributed by atoms with Gasteiger partial charge in [0.1, 0.15) is 0 Å². The maximum Gasteiger partial charge on any atom is 0.256 e. The third-order valence-corrected chi connectivity index (χ3v) is 4.75. The second-order valence-corrected chi connectivity index (χ2v) is 6.27. The van der Waals surface area contributed by atoms with Crippen LogP contribution in [0, 0.1) is 0 Å². The van der Waals surface area contributed by atoms with Crippen LogP contribution in [0.2, 0.25) is 5.02 Å². The molecule has 2 heterocycles. The fraction of sp³-hybridized carbons (Fsp3) is 0.471. The molecule has 3 rings (SSSR count). The Morgan fingerprint density at radius 2 is 2.27 bits per heavy atom. The predicted octanol–water partition coefficient (Wildman–Crippen LogP) is 2.83. The highest BCUT2D eigenvalue weighted by molar-refractivity contribution is 6.35. The molecule has 118 valence electrons. The molecule has 1 aliphatic rings. The molecule has 5 heteroatoms. The van der Waals surface area contributed by atoms with E-state index in [0.717, 1.165) is 37.2 Å². The van der Waals surface area contributed by atoms with Crippen LogP contribution in [-0.2, 0) is 11.2 Å². The Morgan fingerprint density at radius 1 is 1.41 bits per heavy atom. The number of aromatic amines is 1. The van der Waals surface area contributed by atoms with Crippen molar-refractivity contribution in [3.05, 3.63) is 45.3 Å². The van der Waals surface area contributed by atoms with E-state index in [4.69, 9.17) is 16.3 Å². The number of hydrogen-bond acceptors (Lipinski definition) is 3. The Hall–Kier alpha value is -1.36. The number of hydrogen-bond donors (Lipinski definition) is 1. The molecule has 0 spiro atoms. The van der Waals surface area contributed by atoms with Gasteiger partial charge in [-0.1, -0.05) is 17.7 Å². The number of nitrogens with one attached hydrogen (secondary N) is 1. The summed E-state index contributed by atoms with van der Waals surface area (Å²) in [6.07, 6.45) is 3.22. The van der Waals surface area contributed by atoms with Gasteiger partial charge < -0.3 is 9.72 Å². The van der Waals surface area contributed by atoms with Crippen LogP contribution in [0.25, 0.3) is 10.8 Å². The second kappa shape index (κ2) is 6.82. The van der Waals surface area contributed by atoms with Crippen LogP contribution in [0.5, 0.6) is 0 Å². The van der Waals surface area contributed by atoms with E-state index in [9.17, 15) is 4.79 Å². The van der Waals surface area contributed by atoms with Gasteiger partial charge in [-0.05, 0) is 37.6 Å². The predicted molar refractivity (Wildman–Crippen MR) is 89.8 cm³/mol. The van der Waals surface area contributed by atoms with E-state index in [1.54, 1.807) is 19.2 Å². The zero-order chi connectivity index (χ0) is 15.5. The molecule has 1 fully saturated rings. The minimum Gasteiger partial charge on any atom is -0.383 e. The van der Waals surface area contributed by atoms with E-state index >= 15 is 0 Å².